The molecule has 0 aliphatic heterocycles. The van der Waals surface area contributed by atoms with Gasteiger partial charge < -0.3 is 9.84 Å². The fourth-order valence-electron chi connectivity index (χ4n) is 2.90. The zero-order chi connectivity index (χ0) is 18.5. The van der Waals surface area contributed by atoms with Gasteiger partial charge >= 0.3 is 5.97 Å². The molecule has 3 rings (SSSR count). The molecule has 0 aliphatic rings. The molecule has 134 valence electrons. The second-order valence-corrected chi connectivity index (χ2v) is 5.87. The van der Waals surface area contributed by atoms with Crippen LogP contribution < -0.4 is 4.74 Å². The molecule has 0 saturated carbocycles. The van der Waals surface area contributed by atoms with Crippen molar-refractivity contribution in [2.75, 3.05) is 14.2 Å². The quantitative estimate of drug-likeness (QED) is 0.704. The van der Waals surface area contributed by atoms with Crippen molar-refractivity contribution < 1.29 is 14.6 Å². The smallest absolute Gasteiger partial charge is 0.325 e. The number of carboxylic acids is 1. The Bertz CT molecular complexity index is 863. The van der Waals surface area contributed by atoms with Gasteiger partial charge in [0.05, 0.1) is 12.8 Å². The van der Waals surface area contributed by atoms with Crippen LogP contribution in [0.25, 0.3) is 5.69 Å². The molecule has 3 aromatic rings. The van der Waals surface area contributed by atoms with Gasteiger partial charge in [-0.15, -0.1) is 0 Å². The Labute approximate surface area is 151 Å². The minimum atomic E-state index is -0.934. The Morgan fingerprint density at radius 3 is 2.69 bits per heavy atom. The molecule has 0 spiro atoms. The summed E-state index contributed by atoms with van der Waals surface area (Å²) in [5.74, 6) is -0.486. The highest BCUT2D eigenvalue weighted by Gasteiger charge is 2.26. The Morgan fingerprint density at radius 2 is 2.08 bits per heavy atom. The number of carboxylic acid groups (broad SMARTS) is 1. The van der Waals surface area contributed by atoms with E-state index in [-0.39, 0.29) is 0 Å². The maximum Gasteiger partial charge on any atom is 0.325 e. The van der Waals surface area contributed by atoms with Gasteiger partial charge in [-0.25, -0.2) is 9.67 Å². The molecule has 0 radical (unpaired) electrons. The second kappa shape index (κ2) is 7.79. The lowest BCUT2D eigenvalue weighted by molar-refractivity contribution is -0.143. The lowest BCUT2D eigenvalue weighted by Crippen LogP contribution is -2.31. The first kappa shape index (κ1) is 17.6. The van der Waals surface area contributed by atoms with Gasteiger partial charge in [0.1, 0.15) is 6.04 Å². The molecule has 0 amide bonds. The number of aromatic nitrogens is 3. The largest absolute Gasteiger partial charge is 0.481 e. The number of benzene rings is 1. The summed E-state index contributed by atoms with van der Waals surface area (Å²) >= 11 is 0. The van der Waals surface area contributed by atoms with Crippen molar-refractivity contribution in [1.29, 1.82) is 0 Å². The second-order valence-electron chi connectivity index (χ2n) is 5.87. The summed E-state index contributed by atoms with van der Waals surface area (Å²) in [6.45, 7) is 0.443. The van der Waals surface area contributed by atoms with Gasteiger partial charge in [-0.3, -0.25) is 9.69 Å². The first-order valence-corrected chi connectivity index (χ1v) is 8.11. The first-order chi connectivity index (χ1) is 12.6. The topological polar surface area (TPSA) is 80.5 Å². The van der Waals surface area contributed by atoms with Crippen LogP contribution in [0.4, 0.5) is 0 Å². The van der Waals surface area contributed by atoms with Crippen molar-refractivity contribution in [3.8, 4) is 11.6 Å². The van der Waals surface area contributed by atoms with E-state index in [0.717, 1.165) is 11.3 Å². The molecule has 0 unspecified atom stereocenters. The normalized spacial score (nSPS) is 12.1. The molecule has 1 N–H and O–H groups in total. The van der Waals surface area contributed by atoms with Crippen LogP contribution in [0.2, 0.25) is 0 Å². The molecule has 26 heavy (non-hydrogen) atoms. The van der Waals surface area contributed by atoms with E-state index in [1.807, 2.05) is 36.5 Å². The highest BCUT2D eigenvalue weighted by Crippen LogP contribution is 2.24. The van der Waals surface area contributed by atoms with Crippen LogP contribution >= 0.6 is 0 Å². The van der Waals surface area contributed by atoms with Gasteiger partial charge in [0.2, 0.25) is 5.88 Å². The fourth-order valence-corrected chi connectivity index (χ4v) is 2.90. The SMILES string of the molecule is COc1ccc([C@@H](C(=O)O)N(C)Cc2ccccc2-n2cccn2)cn1. The van der Waals surface area contributed by atoms with E-state index in [1.165, 1.54) is 13.3 Å². The Kier molecular flexibility index (Phi) is 5.28. The van der Waals surface area contributed by atoms with Crippen LogP contribution in [0.15, 0.2) is 61.1 Å². The van der Waals surface area contributed by atoms with Crippen LogP contribution in [0, 0.1) is 0 Å². The number of rotatable bonds is 7. The van der Waals surface area contributed by atoms with Crippen molar-refractivity contribution >= 4 is 5.97 Å². The van der Waals surface area contributed by atoms with Crippen LogP contribution in [0.3, 0.4) is 0 Å². The fraction of sp³-hybridized carbons (Fsp3) is 0.211. The molecule has 0 fully saturated rings. The molecule has 2 aromatic heterocycles. The molecule has 0 saturated heterocycles. The van der Waals surface area contributed by atoms with Crippen molar-refractivity contribution in [3.63, 3.8) is 0 Å². The van der Waals surface area contributed by atoms with E-state index in [9.17, 15) is 9.90 Å². The van der Waals surface area contributed by atoms with E-state index in [4.69, 9.17) is 4.74 Å². The number of carbonyl (C=O) groups is 1. The van der Waals surface area contributed by atoms with Crippen molar-refractivity contribution in [2.24, 2.45) is 0 Å². The zero-order valence-corrected chi connectivity index (χ0v) is 14.6. The number of methoxy groups -OCH3 is 1. The van der Waals surface area contributed by atoms with Crippen molar-refractivity contribution in [1.82, 2.24) is 19.7 Å². The van der Waals surface area contributed by atoms with E-state index >= 15 is 0 Å². The first-order valence-electron chi connectivity index (χ1n) is 8.11. The number of nitrogens with zero attached hydrogens (tertiary/aromatic N) is 4. The lowest BCUT2D eigenvalue weighted by Gasteiger charge is -2.25. The number of ether oxygens (including phenoxy) is 1. The van der Waals surface area contributed by atoms with Gasteiger partial charge in [0.25, 0.3) is 0 Å². The third-order valence-electron chi connectivity index (χ3n) is 4.12. The minimum Gasteiger partial charge on any atom is -0.481 e. The number of hydrogen-bond acceptors (Lipinski definition) is 5. The number of pyridine rings is 1. The standard InChI is InChI=1S/C19H20N4O3/c1-22(18(19(24)25)14-8-9-17(26-2)20-12-14)13-15-6-3-4-7-16(15)23-11-5-10-21-23/h3-12,18H,13H2,1-2H3,(H,24,25)/t18-/m0/s1. The summed E-state index contributed by atoms with van der Waals surface area (Å²) in [5, 5.41) is 14.0. The summed E-state index contributed by atoms with van der Waals surface area (Å²) in [5.41, 5.74) is 2.49. The molecule has 1 atom stereocenters. The molecule has 7 heteroatoms. The average molecular weight is 352 g/mol. The molecule has 1 aromatic carbocycles. The van der Waals surface area contributed by atoms with Crippen LogP contribution in [0.5, 0.6) is 5.88 Å². The summed E-state index contributed by atoms with van der Waals surface area (Å²) in [6, 6.07) is 12.2. The molecular formula is C19H20N4O3. The van der Waals surface area contributed by atoms with Gasteiger partial charge in [0, 0.05) is 31.2 Å². The number of aliphatic carboxylic acids is 1. The van der Waals surface area contributed by atoms with E-state index in [2.05, 4.69) is 10.1 Å². The zero-order valence-electron chi connectivity index (χ0n) is 14.6. The maximum absolute atomic E-state index is 11.9. The average Bonchev–Trinajstić information content (AvgIpc) is 3.17. The van der Waals surface area contributed by atoms with Gasteiger partial charge in [-0.2, -0.15) is 5.10 Å². The maximum atomic E-state index is 11.9. The Hall–Kier alpha value is -3.19. The molecule has 2 heterocycles. The predicted octanol–water partition coefficient (Wildman–Crippen LogP) is 2.53. The van der Waals surface area contributed by atoms with Crippen molar-refractivity contribution in [2.45, 2.75) is 12.6 Å². The summed E-state index contributed by atoms with van der Waals surface area (Å²) < 4.78 is 6.81. The Morgan fingerprint density at radius 1 is 1.27 bits per heavy atom. The lowest BCUT2D eigenvalue weighted by atomic mass is 10.1. The van der Waals surface area contributed by atoms with Crippen LogP contribution in [-0.4, -0.2) is 44.9 Å². The monoisotopic (exact) mass is 352 g/mol. The van der Waals surface area contributed by atoms with Gasteiger partial charge in [-0.1, -0.05) is 18.2 Å². The number of likely N-dealkylation sites (N-methyl/N-ethyl adjacent to an activating group) is 1. The highest BCUT2D eigenvalue weighted by atomic mass is 16.5. The van der Waals surface area contributed by atoms with Crippen LogP contribution in [0.1, 0.15) is 17.2 Å². The van der Waals surface area contributed by atoms with E-state index in [1.54, 1.807) is 35.0 Å². The molecule has 0 aliphatic carbocycles. The Balaban J connectivity index is 1.87. The number of hydrogen-bond donors (Lipinski definition) is 1. The minimum absolute atomic E-state index is 0.443. The van der Waals surface area contributed by atoms with Gasteiger partial charge in [0.15, 0.2) is 0 Å². The van der Waals surface area contributed by atoms with Gasteiger partial charge in [-0.05, 0) is 36.4 Å². The third-order valence-corrected chi connectivity index (χ3v) is 4.12. The van der Waals surface area contributed by atoms with E-state index < -0.39 is 12.0 Å². The predicted molar refractivity (Wildman–Crippen MR) is 96.2 cm³/mol. The van der Waals surface area contributed by atoms with E-state index in [0.29, 0.717) is 18.0 Å². The van der Waals surface area contributed by atoms with Crippen molar-refractivity contribution in [3.05, 3.63) is 72.2 Å². The molecular weight excluding hydrogens is 332 g/mol. The van der Waals surface area contributed by atoms with Crippen LogP contribution in [-0.2, 0) is 11.3 Å². The summed E-state index contributed by atoms with van der Waals surface area (Å²) in [4.78, 5) is 17.8. The summed E-state index contributed by atoms with van der Waals surface area (Å²) in [7, 11) is 3.30. The molecule has 0 bridgehead atoms. The number of para-hydroxylation sites is 1. The third kappa shape index (κ3) is 3.73. The highest BCUT2D eigenvalue weighted by molar-refractivity contribution is 5.75. The molecule has 7 nitrogen and oxygen atoms in total. The summed E-state index contributed by atoms with van der Waals surface area (Å²) in [6.07, 6.45) is 5.11.